The Balaban J connectivity index is 0.00000288. The molecule has 1 fully saturated rings. The molecule has 5 nitrogen and oxygen atoms in total. The molecule has 24 heavy (non-hydrogen) atoms. The Hall–Kier alpha value is -1.73. The number of amides is 2. The van der Waals surface area contributed by atoms with Gasteiger partial charge in [-0.2, -0.15) is 0 Å². The molecule has 0 unspecified atom stereocenters. The summed E-state index contributed by atoms with van der Waals surface area (Å²) in [6, 6.07) is 1.74. The molecule has 0 atom stereocenters. The van der Waals surface area contributed by atoms with Gasteiger partial charge >= 0.3 is 0 Å². The van der Waals surface area contributed by atoms with Crippen LogP contribution in [0.1, 0.15) is 32.6 Å². The Kier molecular flexibility index (Phi) is 8.07. The monoisotopic (exact) mass is 361 g/mol. The molecule has 2 rings (SSSR count). The van der Waals surface area contributed by atoms with Crippen LogP contribution in [0.2, 0.25) is 0 Å². The molecule has 1 aromatic rings. The van der Waals surface area contributed by atoms with Crippen molar-refractivity contribution >= 4 is 35.6 Å². The largest absolute Gasteiger partial charge is 0.324 e. The van der Waals surface area contributed by atoms with E-state index in [1.54, 1.807) is 0 Å². The number of hydrogen-bond donors (Lipinski definition) is 3. The maximum atomic E-state index is 13.4. The van der Waals surface area contributed by atoms with Crippen molar-refractivity contribution in [3.8, 4) is 0 Å². The van der Waals surface area contributed by atoms with E-state index >= 15 is 0 Å². The van der Waals surface area contributed by atoms with Gasteiger partial charge in [-0.1, -0.05) is 0 Å². The zero-order valence-electron chi connectivity index (χ0n) is 13.5. The molecule has 0 aromatic heterocycles. The summed E-state index contributed by atoms with van der Waals surface area (Å²) in [5.74, 6) is -2.36. The first-order valence-electron chi connectivity index (χ1n) is 7.73. The van der Waals surface area contributed by atoms with Crippen LogP contribution >= 0.6 is 12.4 Å². The van der Waals surface area contributed by atoms with Gasteiger partial charge in [-0.3, -0.25) is 9.59 Å². The van der Waals surface area contributed by atoms with Crippen LogP contribution in [0.5, 0.6) is 0 Å². The summed E-state index contributed by atoms with van der Waals surface area (Å²) in [6.07, 6.45) is 3.14. The molecule has 1 aliphatic rings. The summed E-state index contributed by atoms with van der Waals surface area (Å²) >= 11 is 0. The first kappa shape index (κ1) is 20.3. The van der Waals surface area contributed by atoms with Crippen LogP contribution in [0.25, 0.3) is 0 Å². The topological polar surface area (TPSA) is 70.2 Å². The van der Waals surface area contributed by atoms with Crippen LogP contribution in [-0.4, -0.2) is 24.9 Å². The second kappa shape index (κ2) is 9.54. The van der Waals surface area contributed by atoms with E-state index in [1.165, 1.54) is 6.92 Å². The number of carbonyl (C=O) groups excluding carboxylic acids is 2. The van der Waals surface area contributed by atoms with Gasteiger partial charge in [-0.05, 0) is 38.3 Å². The Labute approximate surface area is 146 Å². The first-order chi connectivity index (χ1) is 11.0. The fourth-order valence-electron chi connectivity index (χ4n) is 2.66. The minimum atomic E-state index is -1.08. The van der Waals surface area contributed by atoms with Gasteiger partial charge in [0, 0.05) is 25.5 Å². The molecule has 134 valence electrons. The van der Waals surface area contributed by atoms with Crippen molar-refractivity contribution in [1.82, 2.24) is 5.32 Å². The van der Waals surface area contributed by atoms with Gasteiger partial charge in [0.15, 0.2) is 11.6 Å². The van der Waals surface area contributed by atoms with Crippen molar-refractivity contribution in [3.05, 3.63) is 23.8 Å². The van der Waals surface area contributed by atoms with Crippen LogP contribution in [0, 0.1) is 17.6 Å². The average Bonchev–Trinajstić information content (AvgIpc) is 2.51. The lowest BCUT2D eigenvalue weighted by atomic mass is 9.93. The van der Waals surface area contributed by atoms with E-state index in [1.807, 2.05) is 0 Å². The Morgan fingerprint density at radius 2 is 1.67 bits per heavy atom. The predicted octanol–water partition coefficient (Wildman–Crippen LogP) is 3.06. The van der Waals surface area contributed by atoms with Gasteiger partial charge in [-0.15, -0.1) is 12.4 Å². The van der Waals surface area contributed by atoms with Crippen LogP contribution in [0.3, 0.4) is 0 Å². The molecule has 2 amide bonds. The molecular formula is C16H22ClF2N3O2. The number of benzene rings is 1. The third-order valence-corrected chi connectivity index (χ3v) is 3.88. The minimum Gasteiger partial charge on any atom is -0.324 e. The summed E-state index contributed by atoms with van der Waals surface area (Å²) in [7, 11) is 0. The van der Waals surface area contributed by atoms with E-state index in [4.69, 9.17) is 0 Å². The molecule has 8 heteroatoms. The van der Waals surface area contributed by atoms with Crippen molar-refractivity contribution < 1.29 is 18.4 Å². The molecule has 0 spiro atoms. The molecule has 0 aliphatic carbocycles. The van der Waals surface area contributed by atoms with Crippen molar-refractivity contribution in [1.29, 1.82) is 0 Å². The summed E-state index contributed by atoms with van der Waals surface area (Å²) in [5.41, 5.74) is 0.112. The van der Waals surface area contributed by atoms with Gasteiger partial charge in [-0.25, -0.2) is 8.78 Å². The van der Waals surface area contributed by atoms with E-state index in [2.05, 4.69) is 16.0 Å². The quantitative estimate of drug-likeness (QED) is 0.755. The van der Waals surface area contributed by atoms with Gasteiger partial charge in [0.1, 0.15) is 0 Å². The summed E-state index contributed by atoms with van der Waals surface area (Å²) < 4.78 is 26.7. The number of halogens is 3. The van der Waals surface area contributed by atoms with Crippen LogP contribution < -0.4 is 16.0 Å². The number of anilines is 2. The zero-order chi connectivity index (χ0) is 16.8. The van der Waals surface area contributed by atoms with Gasteiger partial charge in [0.2, 0.25) is 11.8 Å². The number of nitrogens with one attached hydrogen (secondary N) is 3. The highest BCUT2D eigenvalue weighted by molar-refractivity contribution is 5.98. The zero-order valence-corrected chi connectivity index (χ0v) is 14.3. The number of carbonyl (C=O) groups is 2. The van der Waals surface area contributed by atoms with Crippen molar-refractivity contribution in [3.63, 3.8) is 0 Å². The molecular weight excluding hydrogens is 340 g/mol. The maximum absolute atomic E-state index is 13.4. The molecule has 1 aliphatic heterocycles. The minimum absolute atomic E-state index is 0. The molecule has 1 aromatic carbocycles. The molecule has 0 bridgehead atoms. The predicted molar refractivity (Wildman–Crippen MR) is 91.4 cm³/mol. The molecule has 0 saturated carbocycles. The lowest BCUT2D eigenvalue weighted by Crippen LogP contribution is -2.28. The van der Waals surface area contributed by atoms with E-state index in [-0.39, 0.29) is 29.7 Å². The highest BCUT2D eigenvalue weighted by Crippen LogP contribution is 2.26. The van der Waals surface area contributed by atoms with Crippen LogP contribution in [0.15, 0.2) is 12.1 Å². The second-order valence-electron chi connectivity index (χ2n) is 5.77. The lowest BCUT2D eigenvalue weighted by Gasteiger charge is -2.22. The van der Waals surface area contributed by atoms with Crippen molar-refractivity contribution in [2.45, 2.75) is 32.6 Å². The van der Waals surface area contributed by atoms with Crippen molar-refractivity contribution in [2.24, 2.45) is 5.92 Å². The van der Waals surface area contributed by atoms with E-state index in [0.717, 1.165) is 44.5 Å². The van der Waals surface area contributed by atoms with E-state index in [0.29, 0.717) is 12.3 Å². The first-order valence-corrected chi connectivity index (χ1v) is 7.73. The SMILES string of the molecule is CC(=O)Nc1cc(F)c(F)cc1NC(=O)CCC1CCNCC1.Cl. The lowest BCUT2D eigenvalue weighted by molar-refractivity contribution is -0.116. The van der Waals surface area contributed by atoms with Gasteiger partial charge in [0.05, 0.1) is 11.4 Å². The highest BCUT2D eigenvalue weighted by Gasteiger charge is 2.16. The fraction of sp³-hybridized carbons (Fsp3) is 0.500. The third-order valence-electron chi connectivity index (χ3n) is 3.88. The maximum Gasteiger partial charge on any atom is 0.224 e. The molecule has 3 N–H and O–H groups in total. The van der Waals surface area contributed by atoms with Crippen LogP contribution in [0.4, 0.5) is 20.2 Å². The van der Waals surface area contributed by atoms with Gasteiger partial charge < -0.3 is 16.0 Å². The van der Waals surface area contributed by atoms with Crippen LogP contribution in [-0.2, 0) is 9.59 Å². The standard InChI is InChI=1S/C16H21F2N3O2.ClH/c1-10(22)20-14-8-12(17)13(18)9-15(14)21-16(23)3-2-11-4-6-19-7-5-11;/h8-9,11,19H,2-7H2,1H3,(H,20,22)(H,21,23);1H. The fourth-order valence-corrected chi connectivity index (χ4v) is 2.66. The summed E-state index contributed by atoms with van der Waals surface area (Å²) in [6.45, 7) is 3.17. The van der Waals surface area contributed by atoms with Crippen molar-refractivity contribution in [2.75, 3.05) is 23.7 Å². The number of rotatable bonds is 5. The van der Waals surface area contributed by atoms with E-state index in [9.17, 15) is 18.4 Å². The smallest absolute Gasteiger partial charge is 0.224 e. The van der Waals surface area contributed by atoms with Gasteiger partial charge in [0.25, 0.3) is 0 Å². The molecule has 1 heterocycles. The average molecular weight is 362 g/mol. The summed E-state index contributed by atoms with van der Waals surface area (Å²) in [4.78, 5) is 23.2. The third kappa shape index (κ3) is 6.05. The Morgan fingerprint density at radius 3 is 2.21 bits per heavy atom. The molecule has 0 radical (unpaired) electrons. The van der Waals surface area contributed by atoms with E-state index < -0.39 is 17.5 Å². The molecule has 1 saturated heterocycles. The Bertz CT molecular complexity index is 593. The summed E-state index contributed by atoms with van der Waals surface area (Å²) in [5, 5.41) is 8.19. The highest BCUT2D eigenvalue weighted by atomic mass is 35.5. The Morgan fingerprint density at radius 1 is 1.12 bits per heavy atom. The second-order valence-corrected chi connectivity index (χ2v) is 5.77. The number of hydrogen-bond acceptors (Lipinski definition) is 3. The number of piperidine rings is 1. The normalized spacial score (nSPS) is 14.6.